The van der Waals surface area contributed by atoms with Crippen molar-refractivity contribution in [1.82, 2.24) is 14.8 Å². The minimum atomic E-state index is 0.0838. The van der Waals surface area contributed by atoms with Gasteiger partial charge in [0.25, 0.3) is 0 Å². The molecule has 0 unspecified atom stereocenters. The number of pyridine rings is 1. The van der Waals surface area contributed by atoms with Gasteiger partial charge in [0.1, 0.15) is 5.69 Å². The van der Waals surface area contributed by atoms with Gasteiger partial charge in [-0.2, -0.15) is 5.10 Å². The molecule has 0 amide bonds. The number of carbonyl (C=O) groups excluding carboxylic acids is 1. The molecule has 88 valence electrons. The van der Waals surface area contributed by atoms with Crippen LogP contribution in [0.15, 0.2) is 30.6 Å². The van der Waals surface area contributed by atoms with Crippen LogP contribution in [-0.2, 0) is 13.0 Å². The van der Waals surface area contributed by atoms with Crippen LogP contribution in [0, 0.1) is 6.92 Å². The Hall–Kier alpha value is -1.97. The van der Waals surface area contributed by atoms with E-state index in [9.17, 15) is 4.79 Å². The highest BCUT2D eigenvalue weighted by molar-refractivity contribution is 5.96. The average Bonchev–Trinajstić information content (AvgIpc) is 2.72. The Bertz CT molecular complexity index is 517. The van der Waals surface area contributed by atoms with E-state index >= 15 is 0 Å². The van der Waals surface area contributed by atoms with Crippen LogP contribution in [0.4, 0.5) is 0 Å². The summed E-state index contributed by atoms with van der Waals surface area (Å²) >= 11 is 0. The van der Waals surface area contributed by atoms with E-state index in [1.54, 1.807) is 17.1 Å². The van der Waals surface area contributed by atoms with Crippen LogP contribution in [0.5, 0.6) is 0 Å². The number of aryl methyl sites for hydroxylation is 2. The summed E-state index contributed by atoms with van der Waals surface area (Å²) in [5.41, 5.74) is 2.48. The van der Waals surface area contributed by atoms with E-state index in [0.29, 0.717) is 18.7 Å². The van der Waals surface area contributed by atoms with Crippen molar-refractivity contribution in [3.8, 4) is 0 Å². The molecule has 2 aromatic rings. The van der Waals surface area contributed by atoms with Crippen LogP contribution in [0.3, 0.4) is 0 Å². The molecular weight excluding hydrogens is 214 g/mol. The molecule has 0 aliphatic rings. The normalized spacial score (nSPS) is 10.5. The van der Waals surface area contributed by atoms with E-state index in [4.69, 9.17) is 0 Å². The molecule has 0 radical (unpaired) electrons. The predicted octanol–water partition coefficient (Wildman–Crippen LogP) is 2.03. The standard InChI is InChI=1S/C13H15N3O/c1-3-16-12(7-10(2)15-16)13(17)8-11-5-4-6-14-9-11/h4-7,9H,3,8H2,1-2H3. The summed E-state index contributed by atoms with van der Waals surface area (Å²) in [5, 5.41) is 4.27. The van der Waals surface area contributed by atoms with Gasteiger partial charge in [0.05, 0.1) is 5.69 Å². The highest BCUT2D eigenvalue weighted by Crippen LogP contribution is 2.08. The minimum absolute atomic E-state index is 0.0838. The first-order valence-electron chi connectivity index (χ1n) is 5.67. The summed E-state index contributed by atoms with van der Waals surface area (Å²) in [5.74, 6) is 0.0838. The number of ketones is 1. The monoisotopic (exact) mass is 229 g/mol. The second-order valence-electron chi connectivity index (χ2n) is 3.95. The van der Waals surface area contributed by atoms with Gasteiger partial charge in [-0.15, -0.1) is 0 Å². The van der Waals surface area contributed by atoms with Crippen molar-refractivity contribution in [2.75, 3.05) is 0 Å². The molecule has 0 spiro atoms. The summed E-state index contributed by atoms with van der Waals surface area (Å²) in [7, 11) is 0. The Morgan fingerprint density at radius 3 is 2.94 bits per heavy atom. The van der Waals surface area contributed by atoms with E-state index < -0.39 is 0 Å². The fourth-order valence-corrected chi connectivity index (χ4v) is 1.79. The van der Waals surface area contributed by atoms with Gasteiger partial charge < -0.3 is 0 Å². The van der Waals surface area contributed by atoms with E-state index in [1.807, 2.05) is 32.0 Å². The van der Waals surface area contributed by atoms with Crippen molar-refractivity contribution >= 4 is 5.78 Å². The maximum Gasteiger partial charge on any atom is 0.185 e. The van der Waals surface area contributed by atoms with Crippen molar-refractivity contribution in [2.24, 2.45) is 0 Å². The van der Waals surface area contributed by atoms with Gasteiger partial charge in [0.15, 0.2) is 5.78 Å². The van der Waals surface area contributed by atoms with Gasteiger partial charge in [-0.05, 0) is 31.5 Å². The van der Waals surface area contributed by atoms with Crippen LogP contribution in [-0.4, -0.2) is 20.5 Å². The van der Waals surface area contributed by atoms with Crippen molar-refractivity contribution in [3.63, 3.8) is 0 Å². The Morgan fingerprint density at radius 2 is 2.29 bits per heavy atom. The van der Waals surface area contributed by atoms with Gasteiger partial charge in [-0.25, -0.2) is 0 Å². The number of aromatic nitrogens is 3. The van der Waals surface area contributed by atoms with Crippen LogP contribution >= 0.6 is 0 Å². The first kappa shape index (κ1) is 11.5. The third-order valence-corrected chi connectivity index (χ3v) is 2.57. The molecule has 0 saturated carbocycles. The highest BCUT2D eigenvalue weighted by atomic mass is 16.1. The number of hydrogen-bond donors (Lipinski definition) is 0. The second kappa shape index (κ2) is 4.91. The number of nitrogens with zero attached hydrogens (tertiary/aromatic N) is 3. The molecule has 0 aliphatic heterocycles. The van der Waals surface area contributed by atoms with E-state index in [2.05, 4.69) is 10.1 Å². The summed E-state index contributed by atoms with van der Waals surface area (Å²) < 4.78 is 1.74. The van der Waals surface area contributed by atoms with Gasteiger partial charge in [0.2, 0.25) is 0 Å². The summed E-state index contributed by atoms with van der Waals surface area (Å²) in [6.45, 7) is 4.59. The lowest BCUT2D eigenvalue weighted by Gasteiger charge is -2.03. The Kier molecular flexibility index (Phi) is 3.32. The molecule has 2 rings (SSSR count). The molecule has 4 nitrogen and oxygen atoms in total. The van der Waals surface area contributed by atoms with Gasteiger partial charge >= 0.3 is 0 Å². The van der Waals surface area contributed by atoms with Gasteiger partial charge in [-0.3, -0.25) is 14.5 Å². The molecule has 0 aliphatic carbocycles. The molecule has 0 bridgehead atoms. The van der Waals surface area contributed by atoms with Crippen LogP contribution in [0.2, 0.25) is 0 Å². The number of carbonyl (C=O) groups is 1. The third-order valence-electron chi connectivity index (χ3n) is 2.57. The number of hydrogen-bond acceptors (Lipinski definition) is 3. The topological polar surface area (TPSA) is 47.8 Å². The summed E-state index contributed by atoms with van der Waals surface area (Å²) in [6.07, 6.45) is 3.80. The maximum atomic E-state index is 12.1. The zero-order valence-electron chi connectivity index (χ0n) is 10.1. The summed E-state index contributed by atoms with van der Waals surface area (Å²) in [4.78, 5) is 16.1. The molecule has 2 heterocycles. The molecule has 0 saturated heterocycles. The third kappa shape index (κ3) is 2.58. The zero-order chi connectivity index (χ0) is 12.3. The van der Waals surface area contributed by atoms with Crippen LogP contribution in [0.1, 0.15) is 28.7 Å². The quantitative estimate of drug-likeness (QED) is 0.754. The smallest absolute Gasteiger partial charge is 0.185 e. The lowest BCUT2D eigenvalue weighted by atomic mass is 10.1. The van der Waals surface area contributed by atoms with Crippen molar-refractivity contribution in [2.45, 2.75) is 26.8 Å². The predicted molar refractivity (Wildman–Crippen MR) is 64.9 cm³/mol. The average molecular weight is 229 g/mol. The molecular formula is C13H15N3O. The largest absolute Gasteiger partial charge is 0.292 e. The molecule has 0 atom stereocenters. The van der Waals surface area contributed by atoms with Crippen molar-refractivity contribution in [1.29, 1.82) is 0 Å². The van der Waals surface area contributed by atoms with E-state index in [1.165, 1.54) is 0 Å². The summed E-state index contributed by atoms with van der Waals surface area (Å²) in [6, 6.07) is 5.58. The first-order chi connectivity index (χ1) is 8.20. The Labute approximate surface area is 100 Å². The number of rotatable bonds is 4. The number of Topliss-reactive ketones (excluding diaryl/α,β-unsaturated/α-hetero) is 1. The molecule has 0 N–H and O–H groups in total. The fourth-order valence-electron chi connectivity index (χ4n) is 1.79. The van der Waals surface area contributed by atoms with Crippen LogP contribution < -0.4 is 0 Å². The van der Waals surface area contributed by atoms with Gasteiger partial charge in [-0.1, -0.05) is 6.07 Å². The fraction of sp³-hybridized carbons (Fsp3) is 0.308. The Balaban J connectivity index is 2.20. The van der Waals surface area contributed by atoms with Crippen molar-refractivity contribution in [3.05, 3.63) is 47.5 Å². The van der Waals surface area contributed by atoms with E-state index in [-0.39, 0.29) is 5.78 Å². The lowest BCUT2D eigenvalue weighted by molar-refractivity contribution is 0.0982. The first-order valence-corrected chi connectivity index (χ1v) is 5.67. The van der Waals surface area contributed by atoms with E-state index in [0.717, 1.165) is 11.3 Å². The molecule has 2 aromatic heterocycles. The SMILES string of the molecule is CCn1nc(C)cc1C(=O)Cc1cccnc1. The minimum Gasteiger partial charge on any atom is -0.292 e. The highest BCUT2D eigenvalue weighted by Gasteiger charge is 2.13. The Morgan fingerprint density at radius 1 is 1.47 bits per heavy atom. The van der Waals surface area contributed by atoms with Gasteiger partial charge in [0, 0.05) is 25.4 Å². The molecule has 0 fully saturated rings. The molecule has 4 heteroatoms. The molecule has 0 aromatic carbocycles. The zero-order valence-corrected chi connectivity index (χ0v) is 10.1. The molecule has 17 heavy (non-hydrogen) atoms. The second-order valence-corrected chi connectivity index (χ2v) is 3.95. The van der Waals surface area contributed by atoms with Crippen molar-refractivity contribution < 1.29 is 4.79 Å². The maximum absolute atomic E-state index is 12.1. The lowest BCUT2D eigenvalue weighted by Crippen LogP contribution is -2.11. The van der Waals surface area contributed by atoms with Crippen LogP contribution in [0.25, 0.3) is 0 Å².